The molecule has 0 amide bonds. The first kappa shape index (κ1) is 15.6. The van der Waals surface area contributed by atoms with Crippen molar-refractivity contribution in [2.24, 2.45) is 0 Å². The van der Waals surface area contributed by atoms with E-state index in [0.29, 0.717) is 18.8 Å². The summed E-state index contributed by atoms with van der Waals surface area (Å²) < 4.78 is 10.3. The maximum atomic E-state index is 12.2. The average Bonchev–Trinajstić information content (AvgIpc) is 2.93. The number of rotatable bonds is 4. The highest BCUT2D eigenvalue weighted by Crippen LogP contribution is 2.37. The van der Waals surface area contributed by atoms with Crippen LogP contribution in [0.25, 0.3) is 10.9 Å². The van der Waals surface area contributed by atoms with E-state index in [9.17, 15) is 9.59 Å². The quantitative estimate of drug-likeness (QED) is 0.879. The summed E-state index contributed by atoms with van der Waals surface area (Å²) in [7, 11) is 0. The first-order valence-electron chi connectivity index (χ1n) is 8.14. The van der Waals surface area contributed by atoms with Crippen molar-refractivity contribution in [3.63, 3.8) is 0 Å². The molecule has 0 unspecified atom stereocenters. The Kier molecular flexibility index (Phi) is 4.37. The predicted molar refractivity (Wildman–Crippen MR) is 86.6 cm³/mol. The summed E-state index contributed by atoms with van der Waals surface area (Å²) in [6.45, 7) is 4.31. The Balaban J connectivity index is 2.10. The van der Waals surface area contributed by atoms with E-state index in [-0.39, 0.29) is 17.9 Å². The van der Waals surface area contributed by atoms with Gasteiger partial charge in [-0.05, 0) is 44.7 Å². The van der Waals surface area contributed by atoms with E-state index >= 15 is 0 Å². The van der Waals surface area contributed by atoms with Crippen LogP contribution in [0.5, 0.6) is 0 Å². The van der Waals surface area contributed by atoms with Gasteiger partial charge >= 0.3 is 11.9 Å². The predicted octanol–water partition coefficient (Wildman–Crippen LogP) is 3.33. The summed E-state index contributed by atoms with van der Waals surface area (Å²) in [6.07, 6.45) is 2.61. The van der Waals surface area contributed by atoms with E-state index in [1.165, 1.54) is 0 Å². The molecule has 0 saturated heterocycles. The second-order valence-electron chi connectivity index (χ2n) is 5.66. The molecule has 3 rings (SSSR count). The molecule has 0 saturated carbocycles. The van der Waals surface area contributed by atoms with Crippen LogP contribution < -0.4 is 0 Å². The normalized spacial score (nSPS) is 16.9. The Labute approximate surface area is 135 Å². The van der Waals surface area contributed by atoms with Crippen molar-refractivity contribution in [3.8, 4) is 0 Å². The molecular formula is C18H21NO4. The number of hydrogen-bond donors (Lipinski definition) is 1. The zero-order valence-electron chi connectivity index (χ0n) is 13.5. The van der Waals surface area contributed by atoms with Crippen molar-refractivity contribution < 1.29 is 19.1 Å². The molecule has 1 aliphatic rings. The number of H-pyrrole nitrogens is 1. The molecule has 0 fully saturated rings. The lowest BCUT2D eigenvalue weighted by molar-refractivity contribution is -0.145. The van der Waals surface area contributed by atoms with Gasteiger partial charge in [-0.1, -0.05) is 12.1 Å². The molecule has 1 aromatic carbocycles. The van der Waals surface area contributed by atoms with Crippen molar-refractivity contribution in [1.82, 2.24) is 4.98 Å². The standard InChI is InChI=1S/C18H21NO4/c1-3-22-17(20)13-9-5-7-11-12-8-6-10-14(18(21)23-4-2)16(12)19-15(11)13/h5,7,9,14,19H,3-4,6,8,10H2,1-2H3/t14-/m0/s1. The molecule has 1 aromatic heterocycles. The minimum absolute atomic E-state index is 0.197. The van der Waals surface area contributed by atoms with Crippen LogP contribution in [0, 0.1) is 0 Å². The zero-order chi connectivity index (χ0) is 16.4. The summed E-state index contributed by atoms with van der Waals surface area (Å²) in [5, 5.41) is 1.000. The highest BCUT2D eigenvalue weighted by atomic mass is 16.5. The van der Waals surface area contributed by atoms with Gasteiger partial charge in [0.1, 0.15) is 0 Å². The van der Waals surface area contributed by atoms with Crippen molar-refractivity contribution in [1.29, 1.82) is 0 Å². The second kappa shape index (κ2) is 6.44. The van der Waals surface area contributed by atoms with E-state index in [0.717, 1.165) is 41.4 Å². The number of aryl methyl sites for hydroxylation is 1. The molecule has 1 atom stereocenters. The monoisotopic (exact) mass is 315 g/mol. The number of carbonyl (C=O) groups is 2. The molecule has 0 radical (unpaired) electrons. The second-order valence-corrected chi connectivity index (χ2v) is 5.66. The molecule has 122 valence electrons. The number of hydrogen-bond acceptors (Lipinski definition) is 4. The van der Waals surface area contributed by atoms with Gasteiger partial charge in [-0.3, -0.25) is 4.79 Å². The number of fused-ring (bicyclic) bond motifs is 3. The molecule has 1 N–H and O–H groups in total. The molecule has 0 spiro atoms. The summed E-state index contributed by atoms with van der Waals surface area (Å²) >= 11 is 0. The number of nitrogens with one attached hydrogen (secondary N) is 1. The maximum absolute atomic E-state index is 12.2. The summed E-state index contributed by atoms with van der Waals surface area (Å²) in [4.78, 5) is 27.7. The van der Waals surface area contributed by atoms with E-state index in [1.807, 2.05) is 19.1 Å². The van der Waals surface area contributed by atoms with Gasteiger partial charge in [-0.15, -0.1) is 0 Å². The van der Waals surface area contributed by atoms with Crippen LogP contribution in [0.3, 0.4) is 0 Å². The fourth-order valence-corrected chi connectivity index (χ4v) is 3.35. The van der Waals surface area contributed by atoms with Gasteiger partial charge in [0, 0.05) is 11.1 Å². The summed E-state index contributed by atoms with van der Waals surface area (Å²) in [5.74, 6) is -0.816. The van der Waals surface area contributed by atoms with Crippen LogP contribution in [0.2, 0.25) is 0 Å². The number of carbonyl (C=O) groups excluding carboxylic acids is 2. The first-order chi connectivity index (χ1) is 11.2. The number of esters is 2. The van der Waals surface area contributed by atoms with Crippen molar-refractivity contribution in [3.05, 3.63) is 35.0 Å². The Morgan fingerprint density at radius 1 is 1.22 bits per heavy atom. The SMILES string of the molecule is CCOC(=O)c1cccc2c3c([nH]c12)[C@@H](C(=O)OCC)CCC3. The van der Waals surface area contributed by atoms with Crippen LogP contribution in [-0.2, 0) is 20.7 Å². The maximum Gasteiger partial charge on any atom is 0.340 e. The number of benzene rings is 1. The lowest BCUT2D eigenvalue weighted by Crippen LogP contribution is -2.20. The average molecular weight is 315 g/mol. The van der Waals surface area contributed by atoms with Crippen LogP contribution in [-0.4, -0.2) is 30.1 Å². The molecule has 2 aromatic rings. The van der Waals surface area contributed by atoms with Crippen molar-refractivity contribution in [2.75, 3.05) is 13.2 Å². The van der Waals surface area contributed by atoms with Gasteiger partial charge < -0.3 is 14.5 Å². The molecule has 1 aliphatic carbocycles. The van der Waals surface area contributed by atoms with Gasteiger partial charge in [0.2, 0.25) is 0 Å². The lowest BCUT2D eigenvalue weighted by atomic mass is 9.86. The molecule has 23 heavy (non-hydrogen) atoms. The summed E-state index contributed by atoms with van der Waals surface area (Å²) in [6, 6.07) is 5.60. The number of para-hydroxylation sites is 1. The highest BCUT2D eigenvalue weighted by molar-refractivity contribution is 6.04. The fourth-order valence-electron chi connectivity index (χ4n) is 3.35. The smallest absolute Gasteiger partial charge is 0.340 e. The van der Waals surface area contributed by atoms with Crippen LogP contribution in [0.1, 0.15) is 54.2 Å². The Morgan fingerprint density at radius 3 is 2.74 bits per heavy atom. The highest BCUT2D eigenvalue weighted by Gasteiger charge is 2.31. The zero-order valence-corrected chi connectivity index (χ0v) is 13.5. The van der Waals surface area contributed by atoms with Crippen molar-refractivity contribution in [2.45, 2.75) is 39.0 Å². The third-order valence-corrected chi connectivity index (χ3v) is 4.31. The Morgan fingerprint density at radius 2 is 2.00 bits per heavy atom. The van der Waals surface area contributed by atoms with Gasteiger partial charge in [-0.25, -0.2) is 4.79 Å². The minimum Gasteiger partial charge on any atom is -0.465 e. The Hall–Kier alpha value is -2.30. The van der Waals surface area contributed by atoms with Gasteiger partial charge in [0.05, 0.1) is 30.2 Å². The van der Waals surface area contributed by atoms with E-state index < -0.39 is 0 Å². The minimum atomic E-state index is -0.343. The van der Waals surface area contributed by atoms with E-state index in [1.54, 1.807) is 13.0 Å². The lowest BCUT2D eigenvalue weighted by Gasteiger charge is -2.20. The molecule has 0 aliphatic heterocycles. The van der Waals surface area contributed by atoms with Gasteiger partial charge in [0.15, 0.2) is 0 Å². The van der Waals surface area contributed by atoms with E-state index in [4.69, 9.17) is 9.47 Å². The fraction of sp³-hybridized carbons (Fsp3) is 0.444. The van der Waals surface area contributed by atoms with Crippen molar-refractivity contribution >= 4 is 22.8 Å². The molecule has 5 nitrogen and oxygen atoms in total. The van der Waals surface area contributed by atoms with Gasteiger partial charge in [-0.2, -0.15) is 0 Å². The number of aromatic nitrogens is 1. The van der Waals surface area contributed by atoms with Crippen LogP contribution >= 0.6 is 0 Å². The van der Waals surface area contributed by atoms with Gasteiger partial charge in [0.25, 0.3) is 0 Å². The number of ether oxygens (including phenoxy) is 2. The number of aromatic amines is 1. The van der Waals surface area contributed by atoms with Crippen LogP contribution in [0.4, 0.5) is 0 Å². The Bertz CT molecular complexity index is 747. The molecule has 5 heteroatoms. The van der Waals surface area contributed by atoms with E-state index in [2.05, 4.69) is 4.98 Å². The third-order valence-electron chi connectivity index (χ3n) is 4.31. The summed E-state index contributed by atoms with van der Waals surface area (Å²) in [5.41, 5.74) is 3.28. The molecule has 1 heterocycles. The molecule has 0 bridgehead atoms. The third kappa shape index (κ3) is 2.71. The first-order valence-corrected chi connectivity index (χ1v) is 8.14. The van der Waals surface area contributed by atoms with Crippen LogP contribution in [0.15, 0.2) is 18.2 Å². The topological polar surface area (TPSA) is 68.4 Å². The molecular weight excluding hydrogens is 294 g/mol. The largest absolute Gasteiger partial charge is 0.465 e.